The molecular weight excluding hydrogens is 192 g/mol. The van der Waals surface area contributed by atoms with Crippen molar-refractivity contribution < 1.29 is 14.6 Å². The number of hydrogen-bond donors (Lipinski definition) is 1. The van der Waals surface area contributed by atoms with Crippen LogP contribution in [0.1, 0.15) is 51.9 Å². The maximum atomic E-state index is 10.9. The molecule has 1 rings (SSSR count). The van der Waals surface area contributed by atoms with E-state index < -0.39 is 5.97 Å². The van der Waals surface area contributed by atoms with Crippen LogP contribution in [0.3, 0.4) is 0 Å². The van der Waals surface area contributed by atoms with Gasteiger partial charge >= 0.3 is 5.97 Å². The van der Waals surface area contributed by atoms with Crippen molar-refractivity contribution >= 4 is 5.97 Å². The molecule has 0 aromatic heterocycles. The first-order valence-corrected chi connectivity index (χ1v) is 6.08. The number of carboxylic acids is 1. The lowest BCUT2D eigenvalue weighted by molar-refractivity contribution is -0.142. The van der Waals surface area contributed by atoms with E-state index in [4.69, 9.17) is 9.84 Å². The summed E-state index contributed by atoms with van der Waals surface area (Å²) in [7, 11) is 0. The number of epoxide rings is 1. The second kappa shape index (κ2) is 6.83. The Balaban J connectivity index is 2.05. The van der Waals surface area contributed by atoms with E-state index in [0.717, 1.165) is 19.4 Å². The number of aliphatic carboxylic acids is 1. The average Bonchev–Trinajstić information content (AvgIpc) is 2.99. The number of unbranched alkanes of at least 4 members (excludes halogenated alkanes) is 4. The van der Waals surface area contributed by atoms with Crippen LogP contribution in [0.25, 0.3) is 0 Å². The summed E-state index contributed by atoms with van der Waals surface area (Å²) in [6, 6.07) is 0. The molecule has 2 atom stereocenters. The Morgan fingerprint density at radius 1 is 1.40 bits per heavy atom. The molecule has 1 fully saturated rings. The number of carboxylic acid groups (broad SMARTS) is 1. The molecule has 0 saturated carbocycles. The predicted octanol–water partition coefficient (Wildman–Crippen LogP) is 2.84. The van der Waals surface area contributed by atoms with Crippen molar-refractivity contribution in [2.45, 2.75) is 58.0 Å². The van der Waals surface area contributed by atoms with Crippen LogP contribution < -0.4 is 0 Å². The summed E-state index contributed by atoms with van der Waals surface area (Å²) in [5.74, 6) is -0.833. The summed E-state index contributed by atoms with van der Waals surface area (Å²) in [5, 5.41) is 9.00. The van der Waals surface area contributed by atoms with Gasteiger partial charge in [-0.05, 0) is 12.8 Å². The minimum absolute atomic E-state index is 0.181. The van der Waals surface area contributed by atoms with E-state index in [2.05, 4.69) is 6.92 Å². The van der Waals surface area contributed by atoms with Crippen LogP contribution in [0.4, 0.5) is 0 Å². The van der Waals surface area contributed by atoms with E-state index in [9.17, 15) is 4.79 Å². The van der Waals surface area contributed by atoms with Crippen LogP contribution in [0, 0.1) is 5.92 Å². The van der Waals surface area contributed by atoms with Crippen molar-refractivity contribution in [1.82, 2.24) is 0 Å². The molecule has 0 spiro atoms. The van der Waals surface area contributed by atoms with Crippen LogP contribution in [-0.4, -0.2) is 23.8 Å². The smallest absolute Gasteiger partial charge is 0.306 e. The number of carbonyl (C=O) groups is 1. The Bertz CT molecular complexity index is 187. The van der Waals surface area contributed by atoms with Crippen molar-refractivity contribution in [1.29, 1.82) is 0 Å². The quantitative estimate of drug-likeness (QED) is 0.474. The van der Waals surface area contributed by atoms with Crippen LogP contribution in [-0.2, 0) is 9.53 Å². The second-order valence-corrected chi connectivity index (χ2v) is 4.43. The zero-order valence-corrected chi connectivity index (χ0v) is 9.58. The minimum Gasteiger partial charge on any atom is -0.481 e. The first kappa shape index (κ1) is 12.5. The Morgan fingerprint density at radius 2 is 2.07 bits per heavy atom. The lowest BCUT2D eigenvalue weighted by atomic mass is 9.96. The third kappa shape index (κ3) is 5.78. The number of ether oxygens (including phenoxy) is 1. The van der Waals surface area contributed by atoms with Crippen LogP contribution >= 0.6 is 0 Å². The molecule has 0 aromatic rings. The minimum atomic E-state index is -0.652. The Labute approximate surface area is 91.8 Å². The highest BCUT2D eigenvalue weighted by Crippen LogP contribution is 2.23. The van der Waals surface area contributed by atoms with Crippen molar-refractivity contribution in [2.24, 2.45) is 5.92 Å². The van der Waals surface area contributed by atoms with Gasteiger partial charge in [-0.1, -0.05) is 39.0 Å². The maximum absolute atomic E-state index is 10.9. The van der Waals surface area contributed by atoms with Crippen molar-refractivity contribution in [3.05, 3.63) is 0 Å². The molecule has 1 saturated heterocycles. The van der Waals surface area contributed by atoms with Gasteiger partial charge in [0, 0.05) is 0 Å². The van der Waals surface area contributed by atoms with Gasteiger partial charge < -0.3 is 9.84 Å². The summed E-state index contributed by atoms with van der Waals surface area (Å²) in [4.78, 5) is 10.9. The zero-order chi connectivity index (χ0) is 11.1. The molecule has 3 nitrogen and oxygen atoms in total. The van der Waals surface area contributed by atoms with E-state index in [0.29, 0.717) is 6.42 Å². The molecular formula is C12H22O3. The highest BCUT2D eigenvalue weighted by Gasteiger charge is 2.29. The van der Waals surface area contributed by atoms with Crippen molar-refractivity contribution in [2.75, 3.05) is 6.61 Å². The number of hydrogen-bond acceptors (Lipinski definition) is 2. The van der Waals surface area contributed by atoms with Crippen molar-refractivity contribution in [3.8, 4) is 0 Å². The Kier molecular flexibility index (Phi) is 5.69. The Hall–Kier alpha value is -0.570. The fraction of sp³-hybridized carbons (Fsp3) is 0.917. The van der Waals surface area contributed by atoms with Crippen LogP contribution in [0.5, 0.6) is 0 Å². The number of rotatable bonds is 9. The van der Waals surface area contributed by atoms with Gasteiger partial charge in [0.2, 0.25) is 0 Å². The second-order valence-electron chi connectivity index (χ2n) is 4.43. The van der Waals surface area contributed by atoms with Gasteiger partial charge in [-0.25, -0.2) is 0 Å². The molecule has 0 aromatic carbocycles. The van der Waals surface area contributed by atoms with Gasteiger partial charge in [-0.2, -0.15) is 0 Å². The molecule has 88 valence electrons. The summed E-state index contributed by atoms with van der Waals surface area (Å²) in [5.41, 5.74) is 0. The SMILES string of the molecule is CCCCCCCC(CC1CO1)C(=O)O. The van der Waals surface area contributed by atoms with E-state index in [-0.39, 0.29) is 12.0 Å². The van der Waals surface area contributed by atoms with Crippen LogP contribution in [0.15, 0.2) is 0 Å². The highest BCUT2D eigenvalue weighted by atomic mass is 16.6. The molecule has 2 unspecified atom stereocenters. The molecule has 0 radical (unpaired) electrons. The van der Waals surface area contributed by atoms with Gasteiger partial charge in [-0.3, -0.25) is 4.79 Å². The van der Waals surface area contributed by atoms with Gasteiger partial charge in [0.25, 0.3) is 0 Å². The van der Waals surface area contributed by atoms with Gasteiger partial charge in [0.15, 0.2) is 0 Å². The summed E-state index contributed by atoms with van der Waals surface area (Å²) in [6.07, 6.45) is 7.72. The van der Waals surface area contributed by atoms with Crippen LogP contribution in [0.2, 0.25) is 0 Å². The van der Waals surface area contributed by atoms with E-state index in [1.807, 2.05) is 0 Å². The zero-order valence-electron chi connectivity index (χ0n) is 9.58. The summed E-state index contributed by atoms with van der Waals surface area (Å²) in [6.45, 7) is 2.95. The standard InChI is InChI=1S/C12H22O3/c1-2-3-4-5-6-7-10(12(13)14)8-11-9-15-11/h10-11H,2-9H2,1H3,(H,13,14). The van der Waals surface area contributed by atoms with Gasteiger partial charge in [-0.15, -0.1) is 0 Å². The molecule has 0 amide bonds. The van der Waals surface area contributed by atoms with E-state index in [1.165, 1.54) is 25.7 Å². The molecule has 0 aliphatic carbocycles. The maximum Gasteiger partial charge on any atom is 0.306 e. The molecule has 15 heavy (non-hydrogen) atoms. The van der Waals surface area contributed by atoms with Gasteiger partial charge in [0.05, 0.1) is 18.6 Å². The molecule has 1 N–H and O–H groups in total. The lowest BCUT2D eigenvalue weighted by Crippen LogP contribution is -2.15. The van der Waals surface area contributed by atoms with Gasteiger partial charge in [0.1, 0.15) is 0 Å². The average molecular weight is 214 g/mol. The molecule has 3 heteroatoms. The largest absolute Gasteiger partial charge is 0.481 e. The monoisotopic (exact) mass is 214 g/mol. The first-order chi connectivity index (χ1) is 7.24. The topological polar surface area (TPSA) is 49.8 Å². The lowest BCUT2D eigenvalue weighted by Gasteiger charge is -2.10. The third-order valence-corrected chi connectivity index (χ3v) is 2.96. The Morgan fingerprint density at radius 3 is 2.60 bits per heavy atom. The molecule has 1 heterocycles. The molecule has 1 aliphatic rings. The predicted molar refractivity (Wildman–Crippen MR) is 58.9 cm³/mol. The fourth-order valence-corrected chi connectivity index (χ4v) is 1.86. The normalized spacial score (nSPS) is 21.3. The molecule has 0 bridgehead atoms. The molecule has 1 aliphatic heterocycles. The summed E-state index contributed by atoms with van der Waals surface area (Å²) < 4.78 is 5.07. The summed E-state index contributed by atoms with van der Waals surface area (Å²) >= 11 is 0. The highest BCUT2D eigenvalue weighted by molar-refractivity contribution is 5.69. The van der Waals surface area contributed by atoms with E-state index >= 15 is 0 Å². The first-order valence-electron chi connectivity index (χ1n) is 6.08. The van der Waals surface area contributed by atoms with E-state index in [1.54, 1.807) is 0 Å². The fourth-order valence-electron chi connectivity index (χ4n) is 1.86. The van der Waals surface area contributed by atoms with Crippen molar-refractivity contribution in [3.63, 3.8) is 0 Å². The third-order valence-electron chi connectivity index (χ3n) is 2.96.